The van der Waals surface area contributed by atoms with Crippen molar-refractivity contribution in [2.24, 2.45) is 0 Å². The number of nitrogens with one attached hydrogen (secondary N) is 2. The highest BCUT2D eigenvalue weighted by Crippen LogP contribution is 2.27. The summed E-state index contributed by atoms with van der Waals surface area (Å²) in [5.41, 5.74) is 10.4. The Morgan fingerprint density at radius 1 is 1.07 bits per heavy atom. The number of hydrogen-bond acceptors (Lipinski definition) is 3. The number of benzene rings is 2. The Hall–Kier alpha value is -3.87. The molecule has 2 amide bonds. The van der Waals surface area contributed by atoms with Crippen molar-refractivity contribution in [3.05, 3.63) is 78.4 Å². The standard InChI is InChI=1S/C21H18FN5O/c1-13-11-16(8-9-18(13)22)26-21(28)25-15-6-4-14(5-7-15)17-3-2-10-27-19(17)12-24-20(27)23/h2-12H,1H3,(H2,23,24)(H2,25,26,28). The van der Waals surface area contributed by atoms with Crippen molar-refractivity contribution >= 4 is 28.9 Å². The van der Waals surface area contributed by atoms with Crippen molar-refractivity contribution < 1.29 is 9.18 Å². The molecule has 4 rings (SSSR count). The molecule has 0 unspecified atom stereocenters. The average molecular weight is 375 g/mol. The number of amides is 2. The second kappa shape index (κ2) is 7.03. The van der Waals surface area contributed by atoms with E-state index in [1.54, 1.807) is 19.2 Å². The number of aromatic nitrogens is 2. The highest BCUT2D eigenvalue weighted by Gasteiger charge is 2.08. The number of hydrogen-bond donors (Lipinski definition) is 3. The van der Waals surface area contributed by atoms with Crippen LogP contribution in [0.2, 0.25) is 0 Å². The summed E-state index contributed by atoms with van der Waals surface area (Å²) in [4.78, 5) is 16.3. The molecule has 4 aromatic rings. The van der Waals surface area contributed by atoms with Gasteiger partial charge in [0.1, 0.15) is 5.82 Å². The summed E-state index contributed by atoms with van der Waals surface area (Å²) in [6.45, 7) is 1.64. The van der Waals surface area contributed by atoms with Crippen LogP contribution in [0, 0.1) is 12.7 Å². The third-order valence-electron chi connectivity index (χ3n) is 4.47. The van der Waals surface area contributed by atoms with Crippen LogP contribution in [0.3, 0.4) is 0 Å². The first-order chi connectivity index (χ1) is 13.5. The molecule has 0 saturated carbocycles. The number of fused-ring (bicyclic) bond motifs is 1. The van der Waals surface area contributed by atoms with E-state index in [0.717, 1.165) is 16.6 Å². The molecule has 0 spiro atoms. The maximum absolute atomic E-state index is 13.3. The van der Waals surface area contributed by atoms with E-state index < -0.39 is 6.03 Å². The fraction of sp³-hybridized carbons (Fsp3) is 0.0476. The first-order valence-corrected chi connectivity index (χ1v) is 8.67. The van der Waals surface area contributed by atoms with Gasteiger partial charge in [-0.1, -0.05) is 18.2 Å². The molecule has 0 aliphatic rings. The first-order valence-electron chi connectivity index (χ1n) is 8.67. The topological polar surface area (TPSA) is 84.5 Å². The van der Waals surface area contributed by atoms with Crippen LogP contribution in [-0.2, 0) is 0 Å². The number of anilines is 3. The van der Waals surface area contributed by atoms with Crippen LogP contribution in [0.4, 0.5) is 26.5 Å². The zero-order valence-electron chi connectivity index (χ0n) is 15.1. The summed E-state index contributed by atoms with van der Waals surface area (Å²) in [5, 5.41) is 5.45. The normalized spacial score (nSPS) is 10.8. The molecular weight excluding hydrogens is 357 g/mol. The van der Waals surface area contributed by atoms with Gasteiger partial charge in [-0.05, 0) is 54.4 Å². The zero-order chi connectivity index (χ0) is 19.7. The molecule has 140 valence electrons. The Balaban J connectivity index is 1.50. The third-order valence-corrected chi connectivity index (χ3v) is 4.47. The van der Waals surface area contributed by atoms with Gasteiger partial charge >= 0.3 is 6.03 Å². The summed E-state index contributed by atoms with van der Waals surface area (Å²) < 4.78 is 15.1. The highest BCUT2D eigenvalue weighted by molar-refractivity contribution is 6.00. The first kappa shape index (κ1) is 17.5. The van der Waals surface area contributed by atoms with Gasteiger partial charge < -0.3 is 16.4 Å². The minimum atomic E-state index is -0.399. The molecule has 0 saturated heterocycles. The second-order valence-electron chi connectivity index (χ2n) is 6.41. The van der Waals surface area contributed by atoms with Crippen LogP contribution in [-0.4, -0.2) is 15.4 Å². The summed E-state index contributed by atoms with van der Waals surface area (Å²) in [5.74, 6) is 0.124. The molecule has 0 fully saturated rings. The molecule has 7 heteroatoms. The number of nitrogen functional groups attached to an aromatic ring is 1. The Kier molecular flexibility index (Phi) is 4.41. The van der Waals surface area contributed by atoms with Gasteiger partial charge in [0.15, 0.2) is 0 Å². The maximum atomic E-state index is 13.3. The summed E-state index contributed by atoms with van der Waals surface area (Å²) in [6.07, 6.45) is 3.59. The van der Waals surface area contributed by atoms with Crippen LogP contribution < -0.4 is 16.4 Å². The number of imidazole rings is 1. The lowest BCUT2D eigenvalue weighted by molar-refractivity contribution is 0.262. The van der Waals surface area contributed by atoms with Gasteiger partial charge in [0, 0.05) is 23.1 Å². The lowest BCUT2D eigenvalue weighted by atomic mass is 10.1. The molecule has 0 atom stereocenters. The van der Waals surface area contributed by atoms with Crippen LogP contribution >= 0.6 is 0 Å². The fourth-order valence-electron chi connectivity index (χ4n) is 3.03. The molecule has 0 radical (unpaired) electrons. The van der Waals surface area contributed by atoms with Crippen LogP contribution in [0.15, 0.2) is 67.0 Å². The number of rotatable bonds is 3. The maximum Gasteiger partial charge on any atom is 0.323 e. The Morgan fingerprint density at radius 3 is 2.54 bits per heavy atom. The Morgan fingerprint density at radius 2 is 1.79 bits per heavy atom. The van der Waals surface area contributed by atoms with Crippen molar-refractivity contribution in [2.45, 2.75) is 6.92 Å². The molecule has 0 aliphatic carbocycles. The number of pyridine rings is 1. The monoisotopic (exact) mass is 375 g/mol. The Bertz CT molecular complexity index is 1170. The number of nitrogens with zero attached hydrogens (tertiary/aromatic N) is 2. The van der Waals surface area contributed by atoms with Crippen LogP contribution in [0.25, 0.3) is 16.6 Å². The molecule has 2 aromatic heterocycles. The van der Waals surface area contributed by atoms with E-state index in [2.05, 4.69) is 15.6 Å². The van der Waals surface area contributed by atoms with Crippen molar-refractivity contribution in [2.75, 3.05) is 16.4 Å². The van der Waals surface area contributed by atoms with E-state index in [0.29, 0.717) is 22.9 Å². The summed E-state index contributed by atoms with van der Waals surface area (Å²) in [6, 6.07) is 15.4. The van der Waals surface area contributed by atoms with Crippen molar-refractivity contribution in [1.29, 1.82) is 0 Å². The molecule has 0 bridgehead atoms. The number of urea groups is 1. The molecule has 28 heavy (non-hydrogen) atoms. The van der Waals surface area contributed by atoms with E-state index in [-0.39, 0.29) is 5.82 Å². The van der Waals surface area contributed by atoms with Gasteiger partial charge in [0.25, 0.3) is 0 Å². The Labute approximate surface area is 160 Å². The van der Waals surface area contributed by atoms with Crippen LogP contribution in [0.1, 0.15) is 5.56 Å². The van der Waals surface area contributed by atoms with Crippen LogP contribution in [0.5, 0.6) is 0 Å². The van der Waals surface area contributed by atoms with E-state index in [9.17, 15) is 9.18 Å². The smallest absolute Gasteiger partial charge is 0.323 e. The lowest BCUT2D eigenvalue weighted by Gasteiger charge is -2.10. The highest BCUT2D eigenvalue weighted by atomic mass is 19.1. The van der Waals surface area contributed by atoms with E-state index >= 15 is 0 Å². The number of carbonyl (C=O) groups is 1. The molecule has 4 N–H and O–H groups in total. The van der Waals surface area contributed by atoms with Gasteiger partial charge in [-0.25, -0.2) is 14.2 Å². The van der Waals surface area contributed by atoms with Crippen molar-refractivity contribution in [1.82, 2.24) is 9.38 Å². The largest absolute Gasteiger partial charge is 0.369 e. The third kappa shape index (κ3) is 3.37. The van der Waals surface area contributed by atoms with Gasteiger partial charge in [-0.15, -0.1) is 0 Å². The SMILES string of the molecule is Cc1cc(NC(=O)Nc2ccc(-c3cccn4c(N)ncc34)cc2)ccc1F. The van der Waals surface area contributed by atoms with E-state index in [1.165, 1.54) is 12.1 Å². The molecule has 2 aromatic carbocycles. The fourth-order valence-corrected chi connectivity index (χ4v) is 3.03. The van der Waals surface area contributed by atoms with Gasteiger partial charge in [0.05, 0.1) is 11.7 Å². The number of aryl methyl sites for hydroxylation is 1. The second-order valence-corrected chi connectivity index (χ2v) is 6.41. The molecule has 2 heterocycles. The van der Waals surface area contributed by atoms with Gasteiger partial charge in [-0.2, -0.15) is 0 Å². The molecule has 6 nitrogen and oxygen atoms in total. The molecule has 0 aliphatic heterocycles. The predicted octanol–water partition coefficient (Wildman–Crippen LogP) is 4.68. The lowest BCUT2D eigenvalue weighted by Crippen LogP contribution is -2.19. The minimum absolute atomic E-state index is 0.309. The minimum Gasteiger partial charge on any atom is -0.369 e. The zero-order valence-corrected chi connectivity index (χ0v) is 15.1. The van der Waals surface area contributed by atoms with Crippen molar-refractivity contribution in [3.63, 3.8) is 0 Å². The quantitative estimate of drug-likeness (QED) is 0.486. The van der Waals surface area contributed by atoms with E-state index in [4.69, 9.17) is 5.73 Å². The predicted molar refractivity (Wildman–Crippen MR) is 109 cm³/mol. The number of halogens is 1. The average Bonchev–Trinajstić information content (AvgIpc) is 3.07. The van der Waals surface area contributed by atoms with E-state index in [1.807, 2.05) is 47.0 Å². The summed E-state index contributed by atoms with van der Waals surface area (Å²) in [7, 11) is 0. The summed E-state index contributed by atoms with van der Waals surface area (Å²) >= 11 is 0. The molecular formula is C21H18FN5O. The number of nitrogens with two attached hydrogens (primary N) is 1. The van der Waals surface area contributed by atoms with Gasteiger partial charge in [0.2, 0.25) is 5.95 Å². The van der Waals surface area contributed by atoms with Crippen molar-refractivity contribution in [3.8, 4) is 11.1 Å². The van der Waals surface area contributed by atoms with Gasteiger partial charge in [-0.3, -0.25) is 4.40 Å². The number of carbonyl (C=O) groups excluding carboxylic acids is 1.